The summed E-state index contributed by atoms with van der Waals surface area (Å²) in [5, 5.41) is 14.9. The zero-order chi connectivity index (χ0) is 11.1. The van der Waals surface area contributed by atoms with Crippen LogP contribution >= 0.6 is 0 Å². The molecule has 1 atom stereocenters. The average molecular weight is 214 g/mol. The number of aliphatic hydroxyl groups is 1. The zero-order valence-corrected chi connectivity index (χ0v) is 9.46. The van der Waals surface area contributed by atoms with Crippen molar-refractivity contribution < 1.29 is 9.90 Å². The average Bonchev–Trinajstić information content (AvgIpc) is 2.75. The highest BCUT2D eigenvalue weighted by Gasteiger charge is 2.16. The van der Waals surface area contributed by atoms with Crippen LogP contribution in [0.1, 0.15) is 39.0 Å². The Labute approximate surface area is 91.4 Å². The maximum Gasteiger partial charge on any atom is 0.234 e. The van der Waals surface area contributed by atoms with Crippen LogP contribution in [-0.2, 0) is 4.79 Å². The molecule has 0 aromatic rings. The molecule has 0 heterocycles. The SMILES string of the molecule is CCC(CO)NC(=O)CNC1CCCC1. The number of amides is 1. The minimum atomic E-state index is -0.0946. The monoisotopic (exact) mass is 214 g/mol. The summed E-state index contributed by atoms with van der Waals surface area (Å²) in [7, 11) is 0. The number of aliphatic hydroxyl groups excluding tert-OH is 1. The van der Waals surface area contributed by atoms with Crippen LogP contribution in [0.25, 0.3) is 0 Å². The fourth-order valence-electron chi connectivity index (χ4n) is 1.92. The first-order valence-corrected chi connectivity index (χ1v) is 5.89. The molecular formula is C11H22N2O2. The standard InChI is InChI=1S/C11H22N2O2/c1-2-9(8-14)13-11(15)7-12-10-5-3-4-6-10/h9-10,12,14H,2-8H2,1H3,(H,13,15). The van der Waals surface area contributed by atoms with Crippen LogP contribution in [0.15, 0.2) is 0 Å². The summed E-state index contributed by atoms with van der Waals surface area (Å²) < 4.78 is 0. The second-order valence-electron chi connectivity index (χ2n) is 4.22. The Morgan fingerprint density at radius 1 is 1.47 bits per heavy atom. The van der Waals surface area contributed by atoms with E-state index >= 15 is 0 Å². The van der Waals surface area contributed by atoms with Gasteiger partial charge in [0.2, 0.25) is 5.91 Å². The summed E-state index contributed by atoms with van der Waals surface area (Å²) in [4.78, 5) is 11.4. The second kappa shape index (κ2) is 6.80. The molecule has 4 heteroatoms. The van der Waals surface area contributed by atoms with Gasteiger partial charge in [-0.05, 0) is 19.3 Å². The minimum absolute atomic E-state index is 0.0113. The molecule has 0 bridgehead atoms. The second-order valence-corrected chi connectivity index (χ2v) is 4.22. The Balaban J connectivity index is 2.11. The zero-order valence-electron chi connectivity index (χ0n) is 9.46. The predicted octanol–water partition coefficient (Wildman–Crippen LogP) is 0.406. The Hall–Kier alpha value is -0.610. The van der Waals surface area contributed by atoms with Crippen molar-refractivity contribution in [2.45, 2.75) is 51.1 Å². The first kappa shape index (κ1) is 12.5. The molecule has 1 fully saturated rings. The Bertz CT molecular complexity index is 187. The van der Waals surface area contributed by atoms with Crippen LogP contribution in [0.4, 0.5) is 0 Å². The predicted molar refractivity (Wildman–Crippen MR) is 59.6 cm³/mol. The molecule has 0 radical (unpaired) electrons. The molecular weight excluding hydrogens is 192 g/mol. The first-order valence-electron chi connectivity index (χ1n) is 5.89. The molecule has 1 aliphatic rings. The number of carbonyl (C=O) groups is 1. The van der Waals surface area contributed by atoms with Gasteiger partial charge < -0.3 is 15.7 Å². The third-order valence-corrected chi connectivity index (χ3v) is 2.98. The number of rotatable bonds is 6. The minimum Gasteiger partial charge on any atom is -0.394 e. The molecule has 1 aliphatic carbocycles. The lowest BCUT2D eigenvalue weighted by Gasteiger charge is -2.16. The molecule has 1 saturated carbocycles. The highest BCUT2D eigenvalue weighted by molar-refractivity contribution is 5.78. The first-order chi connectivity index (χ1) is 7.26. The quantitative estimate of drug-likeness (QED) is 0.600. The maximum absolute atomic E-state index is 11.4. The Morgan fingerprint density at radius 2 is 2.13 bits per heavy atom. The summed E-state index contributed by atoms with van der Waals surface area (Å²) >= 11 is 0. The molecule has 3 N–H and O–H groups in total. The van der Waals surface area contributed by atoms with Gasteiger partial charge in [-0.3, -0.25) is 4.79 Å². The van der Waals surface area contributed by atoms with Crippen molar-refractivity contribution in [2.75, 3.05) is 13.2 Å². The van der Waals surface area contributed by atoms with Crippen molar-refractivity contribution in [3.63, 3.8) is 0 Å². The van der Waals surface area contributed by atoms with Crippen LogP contribution in [0, 0.1) is 0 Å². The summed E-state index contributed by atoms with van der Waals surface area (Å²) in [5.74, 6) is -0.0113. The number of nitrogens with one attached hydrogen (secondary N) is 2. The van der Waals surface area contributed by atoms with E-state index in [9.17, 15) is 4.79 Å². The molecule has 1 rings (SSSR count). The fraction of sp³-hybridized carbons (Fsp3) is 0.909. The van der Waals surface area contributed by atoms with Gasteiger partial charge in [0.1, 0.15) is 0 Å². The van der Waals surface area contributed by atoms with Crippen LogP contribution < -0.4 is 10.6 Å². The van der Waals surface area contributed by atoms with Gasteiger partial charge in [-0.2, -0.15) is 0 Å². The summed E-state index contributed by atoms with van der Waals surface area (Å²) in [5.41, 5.74) is 0. The fourth-order valence-corrected chi connectivity index (χ4v) is 1.92. The van der Waals surface area contributed by atoms with E-state index in [0.29, 0.717) is 12.6 Å². The van der Waals surface area contributed by atoms with Gasteiger partial charge in [-0.15, -0.1) is 0 Å². The molecule has 15 heavy (non-hydrogen) atoms. The van der Waals surface area contributed by atoms with Crippen molar-refractivity contribution >= 4 is 5.91 Å². The third-order valence-electron chi connectivity index (χ3n) is 2.98. The Morgan fingerprint density at radius 3 is 2.67 bits per heavy atom. The van der Waals surface area contributed by atoms with Crippen molar-refractivity contribution in [3.05, 3.63) is 0 Å². The van der Waals surface area contributed by atoms with Crippen molar-refractivity contribution in [3.8, 4) is 0 Å². The smallest absolute Gasteiger partial charge is 0.234 e. The molecule has 88 valence electrons. The van der Waals surface area contributed by atoms with E-state index in [1.807, 2.05) is 6.92 Å². The summed E-state index contributed by atoms with van der Waals surface area (Å²) in [6.07, 6.45) is 5.68. The van der Waals surface area contributed by atoms with E-state index < -0.39 is 0 Å². The highest BCUT2D eigenvalue weighted by atomic mass is 16.3. The van der Waals surface area contributed by atoms with Crippen molar-refractivity contribution in [1.82, 2.24) is 10.6 Å². The summed E-state index contributed by atoms with van der Waals surface area (Å²) in [6.45, 7) is 2.35. The highest BCUT2D eigenvalue weighted by Crippen LogP contribution is 2.17. The van der Waals surface area contributed by atoms with Gasteiger partial charge in [0.25, 0.3) is 0 Å². The molecule has 0 aromatic carbocycles. The third kappa shape index (κ3) is 4.62. The molecule has 0 aromatic heterocycles. The van der Waals surface area contributed by atoms with E-state index in [1.54, 1.807) is 0 Å². The maximum atomic E-state index is 11.4. The van der Waals surface area contributed by atoms with Crippen LogP contribution in [0.5, 0.6) is 0 Å². The van der Waals surface area contributed by atoms with Crippen molar-refractivity contribution in [1.29, 1.82) is 0 Å². The van der Waals surface area contributed by atoms with Crippen LogP contribution in [0.3, 0.4) is 0 Å². The topological polar surface area (TPSA) is 61.4 Å². The molecule has 0 spiro atoms. The lowest BCUT2D eigenvalue weighted by Crippen LogP contribution is -2.43. The van der Waals surface area contributed by atoms with E-state index in [4.69, 9.17) is 5.11 Å². The van der Waals surface area contributed by atoms with Gasteiger partial charge >= 0.3 is 0 Å². The summed E-state index contributed by atoms with van der Waals surface area (Å²) in [6, 6.07) is 0.424. The largest absolute Gasteiger partial charge is 0.394 e. The van der Waals surface area contributed by atoms with Gasteiger partial charge in [-0.1, -0.05) is 19.8 Å². The normalized spacial score (nSPS) is 19.1. The molecule has 1 amide bonds. The molecule has 1 unspecified atom stereocenters. The molecule has 0 saturated heterocycles. The van der Waals surface area contributed by atoms with Gasteiger partial charge in [0.05, 0.1) is 19.2 Å². The number of hydrogen-bond donors (Lipinski definition) is 3. The van der Waals surface area contributed by atoms with E-state index in [1.165, 1.54) is 25.7 Å². The lowest BCUT2D eigenvalue weighted by atomic mass is 10.2. The van der Waals surface area contributed by atoms with Gasteiger partial charge in [0.15, 0.2) is 0 Å². The van der Waals surface area contributed by atoms with Crippen molar-refractivity contribution in [2.24, 2.45) is 0 Å². The molecule has 0 aliphatic heterocycles. The van der Waals surface area contributed by atoms with E-state index in [-0.39, 0.29) is 18.6 Å². The number of carbonyl (C=O) groups excluding carboxylic acids is 1. The van der Waals surface area contributed by atoms with E-state index in [0.717, 1.165) is 6.42 Å². The molecule has 4 nitrogen and oxygen atoms in total. The van der Waals surface area contributed by atoms with Gasteiger partial charge in [-0.25, -0.2) is 0 Å². The van der Waals surface area contributed by atoms with Crippen LogP contribution in [0.2, 0.25) is 0 Å². The number of hydrogen-bond acceptors (Lipinski definition) is 3. The van der Waals surface area contributed by atoms with Crippen LogP contribution in [-0.4, -0.2) is 36.2 Å². The van der Waals surface area contributed by atoms with Gasteiger partial charge in [0, 0.05) is 6.04 Å². The lowest BCUT2D eigenvalue weighted by molar-refractivity contribution is -0.121. The van der Waals surface area contributed by atoms with E-state index in [2.05, 4.69) is 10.6 Å². The Kier molecular flexibility index (Phi) is 5.65.